The van der Waals surface area contributed by atoms with Crippen molar-refractivity contribution in [2.45, 2.75) is 19.4 Å². The number of para-hydroxylation sites is 1. The second-order valence-corrected chi connectivity index (χ2v) is 5.18. The number of hydrogen-bond acceptors (Lipinski definition) is 3. The van der Waals surface area contributed by atoms with Crippen molar-refractivity contribution in [2.75, 3.05) is 6.61 Å². The monoisotopic (exact) mass is 320 g/mol. The summed E-state index contributed by atoms with van der Waals surface area (Å²) in [4.78, 5) is 4.35. The van der Waals surface area contributed by atoms with Gasteiger partial charge in [-0.2, -0.15) is 0 Å². The molecule has 2 rings (SSSR count). The molecule has 2 aromatic rings. The number of rotatable bonds is 5. The molecular formula is C15H17BrN2O. The van der Waals surface area contributed by atoms with Gasteiger partial charge in [-0.05, 0) is 40.5 Å². The molecule has 0 saturated heterocycles. The van der Waals surface area contributed by atoms with Crippen LogP contribution in [-0.2, 0) is 0 Å². The van der Waals surface area contributed by atoms with Gasteiger partial charge in [-0.3, -0.25) is 4.98 Å². The molecule has 1 heterocycles. The third-order valence-electron chi connectivity index (χ3n) is 2.78. The van der Waals surface area contributed by atoms with Crippen LogP contribution in [0.1, 0.15) is 30.6 Å². The molecule has 0 aliphatic carbocycles. The summed E-state index contributed by atoms with van der Waals surface area (Å²) < 4.78 is 6.68. The van der Waals surface area contributed by atoms with Gasteiger partial charge in [0, 0.05) is 16.2 Å². The highest BCUT2D eigenvalue weighted by molar-refractivity contribution is 9.10. The molecule has 3 nitrogen and oxygen atoms in total. The predicted octanol–water partition coefficient (Wildman–Crippen LogP) is 3.68. The molecule has 1 aromatic heterocycles. The van der Waals surface area contributed by atoms with Crippen molar-refractivity contribution < 1.29 is 4.74 Å². The molecule has 1 unspecified atom stereocenters. The van der Waals surface area contributed by atoms with Crippen molar-refractivity contribution in [2.24, 2.45) is 5.73 Å². The number of benzene rings is 1. The minimum atomic E-state index is -0.277. The standard InChI is InChI=1S/C15H17BrN2O/c1-2-9-19-14-6-4-3-5-12(14)15(17)13-8-7-11(16)10-18-13/h3-8,10,15H,2,9,17H2,1H3. The molecule has 1 aromatic carbocycles. The number of halogens is 1. The van der Waals surface area contributed by atoms with Crippen molar-refractivity contribution in [3.05, 3.63) is 58.3 Å². The summed E-state index contributed by atoms with van der Waals surface area (Å²) >= 11 is 3.37. The topological polar surface area (TPSA) is 48.1 Å². The Bertz CT molecular complexity index is 528. The zero-order valence-corrected chi connectivity index (χ0v) is 12.4. The average Bonchev–Trinajstić information content (AvgIpc) is 2.45. The number of ether oxygens (including phenoxy) is 1. The van der Waals surface area contributed by atoms with E-state index in [2.05, 4.69) is 27.8 Å². The van der Waals surface area contributed by atoms with Gasteiger partial charge in [-0.15, -0.1) is 0 Å². The Hall–Kier alpha value is -1.39. The molecule has 0 saturated carbocycles. The maximum atomic E-state index is 6.28. The Morgan fingerprint density at radius 3 is 2.74 bits per heavy atom. The lowest BCUT2D eigenvalue weighted by molar-refractivity contribution is 0.313. The molecule has 0 fully saturated rings. The molecule has 19 heavy (non-hydrogen) atoms. The molecule has 2 N–H and O–H groups in total. The van der Waals surface area contributed by atoms with Crippen LogP contribution in [-0.4, -0.2) is 11.6 Å². The van der Waals surface area contributed by atoms with Crippen LogP contribution in [0.3, 0.4) is 0 Å². The Labute approximate surface area is 121 Å². The number of nitrogens with two attached hydrogens (primary N) is 1. The van der Waals surface area contributed by atoms with Crippen LogP contribution >= 0.6 is 15.9 Å². The van der Waals surface area contributed by atoms with Crippen LogP contribution in [0, 0.1) is 0 Å². The second kappa shape index (κ2) is 6.68. The maximum Gasteiger partial charge on any atom is 0.124 e. The first-order valence-corrected chi connectivity index (χ1v) is 7.10. The first-order chi connectivity index (χ1) is 9.22. The third-order valence-corrected chi connectivity index (χ3v) is 3.25. The van der Waals surface area contributed by atoms with E-state index < -0.39 is 0 Å². The van der Waals surface area contributed by atoms with Crippen LogP contribution in [0.2, 0.25) is 0 Å². The lowest BCUT2D eigenvalue weighted by Crippen LogP contribution is -2.15. The highest BCUT2D eigenvalue weighted by atomic mass is 79.9. The van der Waals surface area contributed by atoms with Gasteiger partial charge in [0.05, 0.1) is 18.3 Å². The Balaban J connectivity index is 2.27. The highest BCUT2D eigenvalue weighted by Gasteiger charge is 2.14. The summed E-state index contributed by atoms with van der Waals surface area (Å²) in [5.74, 6) is 0.835. The van der Waals surface area contributed by atoms with E-state index in [0.29, 0.717) is 6.61 Å². The minimum Gasteiger partial charge on any atom is -0.493 e. The van der Waals surface area contributed by atoms with Crippen LogP contribution in [0.4, 0.5) is 0 Å². The molecule has 0 radical (unpaired) electrons. The minimum absolute atomic E-state index is 0.277. The van der Waals surface area contributed by atoms with Crippen LogP contribution in [0.15, 0.2) is 47.1 Å². The van der Waals surface area contributed by atoms with Crippen LogP contribution < -0.4 is 10.5 Å². The SMILES string of the molecule is CCCOc1ccccc1C(N)c1ccc(Br)cn1. The van der Waals surface area contributed by atoms with Crippen LogP contribution in [0.25, 0.3) is 0 Å². The van der Waals surface area contributed by atoms with Gasteiger partial charge < -0.3 is 10.5 Å². The van der Waals surface area contributed by atoms with Gasteiger partial charge in [0.1, 0.15) is 5.75 Å². The highest BCUT2D eigenvalue weighted by Crippen LogP contribution is 2.27. The first-order valence-electron chi connectivity index (χ1n) is 6.31. The number of aromatic nitrogens is 1. The van der Waals surface area contributed by atoms with Gasteiger partial charge in [0.15, 0.2) is 0 Å². The van der Waals surface area contributed by atoms with E-state index in [-0.39, 0.29) is 6.04 Å². The molecule has 0 spiro atoms. The molecule has 0 bridgehead atoms. The summed E-state index contributed by atoms with van der Waals surface area (Å²) in [7, 11) is 0. The second-order valence-electron chi connectivity index (χ2n) is 4.27. The fourth-order valence-electron chi connectivity index (χ4n) is 1.81. The van der Waals surface area contributed by atoms with Gasteiger partial charge >= 0.3 is 0 Å². The number of nitrogens with zero attached hydrogens (tertiary/aromatic N) is 1. The molecule has 4 heteroatoms. The molecule has 100 valence electrons. The largest absolute Gasteiger partial charge is 0.493 e. The summed E-state index contributed by atoms with van der Waals surface area (Å²) in [6, 6.07) is 11.4. The maximum absolute atomic E-state index is 6.28. The van der Waals surface area contributed by atoms with E-state index >= 15 is 0 Å². The van der Waals surface area contributed by atoms with E-state index in [1.807, 2.05) is 36.4 Å². The van der Waals surface area contributed by atoms with E-state index in [0.717, 1.165) is 27.9 Å². The predicted molar refractivity (Wildman–Crippen MR) is 80.2 cm³/mol. The summed E-state index contributed by atoms with van der Waals surface area (Å²) in [5, 5.41) is 0. The molecule has 0 aliphatic rings. The molecule has 0 aliphatic heterocycles. The van der Waals surface area contributed by atoms with E-state index in [4.69, 9.17) is 10.5 Å². The van der Waals surface area contributed by atoms with Gasteiger partial charge in [0.2, 0.25) is 0 Å². The lowest BCUT2D eigenvalue weighted by Gasteiger charge is -2.16. The molecule has 1 atom stereocenters. The summed E-state index contributed by atoms with van der Waals surface area (Å²) in [6.45, 7) is 2.77. The number of pyridine rings is 1. The zero-order valence-electron chi connectivity index (χ0n) is 10.8. The quantitative estimate of drug-likeness (QED) is 0.914. The Kier molecular flexibility index (Phi) is 4.93. The smallest absolute Gasteiger partial charge is 0.124 e. The zero-order chi connectivity index (χ0) is 13.7. The first kappa shape index (κ1) is 14.0. The van der Waals surface area contributed by atoms with Crippen molar-refractivity contribution in [1.82, 2.24) is 4.98 Å². The normalized spacial score (nSPS) is 12.2. The van der Waals surface area contributed by atoms with Crippen molar-refractivity contribution >= 4 is 15.9 Å². The summed E-state index contributed by atoms with van der Waals surface area (Å²) in [5.41, 5.74) is 8.07. The lowest BCUT2D eigenvalue weighted by atomic mass is 10.0. The van der Waals surface area contributed by atoms with Crippen molar-refractivity contribution in [3.63, 3.8) is 0 Å². The third kappa shape index (κ3) is 3.55. The fourth-order valence-corrected chi connectivity index (χ4v) is 2.05. The van der Waals surface area contributed by atoms with E-state index in [9.17, 15) is 0 Å². The Morgan fingerprint density at radius 2 is 2.05 bits per heavy atom. The Morgan fingerprint density at radius 1 is 1.26 bits per heavy atom. The number of hydrogen-bond donors (Lipinski definition) is 1. The van der Waals surface area contributed by atoms with Crippen molar-refractivity contribution in [3.8, 4) is 5.75 Å². The average molecular weight is 321 g/mol. The van der Waals surface area contributed by atoms with Crippen molar-refractivity contribution in [1.29, 1.82) is 0 Å². The van der Waals surface area contributed by atoms with Gasteiger partial charge in [-0.1, -0.05) is 25.1 Å². The van der Waals surface area contributed by atoms with E-state index in [1.165, 1.54) is 0 Å². The fraction of sp³-hybridized carbons (Fsp3) is 0.267. The van der Waals surface area contributed by atoms with E-state index in [1.54, 1.807) is 6.20 Å². The molecular weight excluding hydrogens is 304 g/mol. The summed E-state index contributed by atoms with van der Waals surface area (Å²) in [6.07, 6.45) is 2.73. The van der Waals surface area contributed by atoms with Crippen LogP contribution in [0.5, 0.6) is 5.75 Å². The molecule has 0 amide bonds. The van der Waals surface area contributed by atoms with Gasteiger partial charge in [0.25, 0.3) is 0 Å². The van der Waals surface area contributed by atoms with Gasteiger partial charge in [-0.25, -0.2) is 0 Å².